The van der Waals surface area contributed by atoms with Gasteiger partial charge in [0.15, 0.2) is 17.2 Å². The molecule has 5 N–H and O–H groups in total. The maximum Gasteiger partial charge on any atom is 0.202 e. The van der Waals surface area contributed by atoms with Gasteiger partial charge in [-0.05, 0) is 76.4 Å². The van der Waals surface area contributed by atoms with Gasteiger partial charge in [-0.15, -0.1) is 0 Å². The molecule has 9 heteroatoms. The molecule has 0 spiro atoms. The van der Waals surface area contributed by atoms with E-state index in [0.717, 1.165) is 31.9 Å². The van der Waals surface area contributed by atoms with Crippen molar-refractivity contribution < 1.29 is 34.8 Å². The molecule has 3 aliphatic carbocycles. The topological polar surface area (TPSA) is 147 Å². The second kappa shape index (κ2) is 8.01. The van der Waals surface area contributed by atoms with Crippen molar-refractivity contribution in [2.75, 3.05) is 20.6 Å². The first-order valence-electron chi connectivity index (χ1n) is 11.9. The van der Waals surface area contributed by atoms with Crippen LogP contribution in [-0.2, 0) is 20.8 Å². The third-order valence-corrected chi connectivity index (χ3v) is 8.35. The molecule has 0 aromatic heterocycles. The number of hydrogen-bond acceptors (Lipinski definition) is 9. The summed E-state index contributed by atoms with van der Waals surface area (Å²) in [6, 6.07) is 2.64. The minimum atomic E-state index is -2.54. The minimum absolute atomic E-state index is 0.101. The van der Waals surface area contributed by atoms with Crippen molar-refractivity contribution in [1.82, 2.24) is 10.2 Å². The zero-order valence-electron chi connectivity index (χ0n) is 20.0. The van der Waals surface area contributed by atoms with Gasteiger partial charge in [-0.2, -0.15) is 0 Å². The molecule has 35 heavy (non-hydrogen) atoms. The number of likely N-dealkylation sites (N-methyl/N-ethyl adjacent to an activating group) is 1. The first kappa shape index (κ1) is 23.7. The molecular weight excluding hydrogens is 452 g/mol. The summed E-state index contributed by atoms with van der Waals surface area (Å²) in [5.74, 6) is -5.51. The zero-order valence-corrected chi connectivity index (χ0v) is 20.0. The van der Waals surface area contributed by atoms with Crippen LogP contribution in [-0.4, -0.2) is 75.0 Å². The van der Waals surface area contributed by atoms with Crippen LogP contribution in [0.5, 0.6) is 5.75 Å². The van der Waals surface area contributed by atoms with Gasteiger partial charge in [0.2, 0.25) is 5.78 Å². The van der Waals surface area contributed by atoms with E-state index in [9.17, 15) is 34.8 Å². The second-order valence-electron chi connectivity index (χ2n) is 10.2. The summed E-state index contributed by atoms with van der Waals surface area (Å²) >= 11 is 0. The molecule has 5 atom stereocenters. The Morgan fingerprint density at radius 3 is 2.51 bits per heavy atom. The van der Waals surface area contributed by atoms with Gasteiger partial charge in [-0.1, -0.05) is 6.07 Å². The number of likely N-dealkylation sites (tertiary alicyclic amines) is 1. The normalized spacial score (nSPS) is 33.0. The fourth-order valence-electron chi connectivity index (χ4n) is 6.69. The number of aliphatic hydroxyl groups is 3. The van der Waals surface area contributed by atoms with Crippen molar-refractivity contribution in [3.05, 3.63) is 45.7 Å². The fraction of sp³-hybridized carbons (Fsp3) is 0.500. The van der Waals surface area contributed by atoms with Crippen LogP contribution in [0.1, 0.15) is 48.9 Å². The number of carbonyl (C=O) groups excluding carboxylic acids is 3. The van der Waals surface area contributed by atoms with Gasteiger partial charge in [-0.3, -0.25) is 19.3 Å². The van der Waals surface area contributed by atoms with Crippen LogP contribution in [0.15, 0.2) is 29.0 Å². The molecular formula is C26H30N2O7. The Hall–Kier alpha value is -3.01. The van der Waals surface area contributed by atoms with E-state index < -0.39 is 57.9 Å². The van der Waals surface area contributed by atoms with Gasteiger partial charge in [0.25, 0.3) is 0 Å². The first-order chi connectivity index (χ1) is 16.5. The van der Waals surface area contributed by atoms with Gasteiger partial charge in [0.05, 0.1) is 11.6 Å². The maximum atomic E-state index is 13.7. The lowest BCUT2D eigenvalue weighted by atomic mass is 9.57. The van der Waals surface area contributed by atoms with Gasteiger partial charge in [-0.25, -0.2) is 0 Å². The summed E-state index contributed by atoms with van der Waals surface area (Å²) in [4.78, 5) is 41.0. The van der Waals surface area contributed by atoms with Gasteiger partial charge < -0.3 is 25.7 Å². The number of Topliss-reactive ketones (excluding diaryl/α,β-unsaturated/α-hetero) is 3. The summed E-state index contributed by atoms with van der Waals surface area (Å²) in [5, 5.41) is 47.2. The van der Waals surface area contributed by atoms with Crippen LogP contribution in [0.25, 0.3) is 5.76 Å². The number of nitrogens with zero attached hydrogens (tertiary/aromatic N) is 1. The molecule has 9 nitrogen and oxygen atoms in total. The quantitative estimate of drug-likeness (QED) is 0.404. The van der Waals surface area contributed by atoms with Gasteiger partial charge in [0, 0.05) is 17.5 Å². The Bertz CT molecular complexity index is 1230. The molecule has 5 rings (SSSR count). The molecule has 0 bridgehead atoms. The smallest absolute Gasteiger partial charge is 0.202 e. The first-order valence-corrected chi connectivity index (χ1v) is 11.9. The number of phenolic OH excluding ortho intramolecular Hbond substituents is 1. The number of hydrogen-bond donors (Lipinski definition) is 5. The molecule has 2 fully saturated rings. The highest BCUT2D eigenvalue weighted by atomic mass is 16.3. The molecule has 186 valence electrons. The number of rotatable bonds is 3. The largest absolute Gasteiger partial charge is 0.508 e. The molecule has 0 amide bonds. The third kappa shape index (κ3) is 3.15. The Morgan fingerprint density at radius 1 is 1.20 bits per heavy atom. The van der Waals surface area contributed by atoms with E-state index in [2.05, 4.69) is 10.2 Å². The van der Waals surface area contributed by atoms with Crippen LogP contribution >= 0.6 is 0 Å². The highest BCUT2D eigenvalue weighted by molar-refractivity contribution is 6.25. The number of benzene rings is 1. The van der Waals surface area contributed by atoms with Crippen LogP contribution in [0, 0.1) is 11.8 Å². The molecule has 1 aromatic carbocycles. The average Bonchev–Trinajstić information content (AvgIpc) is 3.22. The lowest BCUT2D eigenvalue weighted by Crippen LogP contribution is -2.65. The highest BCUT2D eigenvalue weighted by Crippen LogP contribution is 2.52. The number of aliphatic hydroxyl groups excluding tert-OH is 2. The number of ketones is 3. The number of aromatic hydroxyl groups is 1. The number of fused-ring (bicyclic) bond motifs is 3. The van der Waals surface area contributed by atoms with Crippen LogP contribution in [0.4, 0.5) is 0 Å². The average molecular weight is 483 g/mol. The van der Waals surface area contributed by atoms with Crippen molar-refractivity contribution in [3.8, 4) is 5.75 Å². The zero-order chi connectivity index (χ0) is 25.4. The molecule has 1 unspecified atom stereocenters. The number of phenols is 1. The molecule has 0 radical (unpaired) electrons. The summed E-state index contributed by atoms with van der Waals surface area (Å²) < 4.78 is 0. The molecule has 4 aliphatic rings. The van der Waals surface area contributed by atoms with Gasteiger partial charge >= 0.3 is 0 Å². The van der Waals surface area contributed by atoms with Crippen molar-refractivity contribution in [2.45, 2.75) is 50.3 Å². The third-order valence-electron chi connectivity index (χ3n) is 8.35. The SMILES string of the molecule is CN[C@@H]1C(=O)C(C(C)=O)=C(O)[C@@]2(O)C(=O)C3=C(O)c4c(O)cc(C5CCCN5C)cc4C[C@H]3C[C@@H]12. The fourth-order valence-corrected chi connectivity index (χ4v) is 6.69. The Balaban J connectivity index is 1.66. The molecule has 1 heterocycles. The maximum absolute atomic E-state index is 13.7. The summed E-state index contributed by atoms with van der Waals surface area (Å²) in [6.45, 7) is 2.04. The van der Waals surface area contributed by atoms with Crippen LogP contribution in [0.3, 0.4) is 0 Å². The summed E-state index contributed by atoms with van der Waals surface area (Å²) in [5.41, 5.74) is -1.48. The predicted molar refractivity (Wildman–Crippen MR) is 126 cm³/mol. The Labute approximate surface area is 202 Å². The van der Waals surface area contributed by atoms with E-state index in [-0.39, 0.29) is 29.3 Å². The van der Waals surface area contributed by atoms with Crippen LogP contribution in [0.2, 0.25) is 0 Å². The second-order valence-corrected chi connectivity index (χ2v) is 10.2. The van der Waals surface area contributed by atoms with E-state index in [0.29, 0.717) is 12.0 Å². The van der Waals surface area contributed by atoms with E-state index in [4.69, 9.17) is 0 Å². The van der Waals surface area contributed by atoms with Gasteiger partial charge in [0.1, 0.15) is 22.8 Å². The van der Waals surface area contributed by atoms with Crippen molar-refractivity contribution in [2.24, 2.45) is 11.8 Å². The van der Waals surface area contributed by atoms with E-state index >= 15 is 0 Å². The van der Waals surface area contributed by atoms with Crippen molar-refractivity contribution in [3.63, 3.8) is 0 Å². The standard InChI is InChI=1S/C26H30N2O7/c1-11(29)18-23(32)21(27-2)15-9-14-8-13-7-12(16-5-4-6-28(16)3)10-17(30)19(13)22(31)20(14)25(34)26(15,35)24(18)33/h7,10,14-16,21,27,30-31,33,35H,4-6,8-9H2,1-3H3/t14-,15-,16?,21-,26+/m0/s1. The number of nitrogens with one attached hydrogen (secondary N) is 1. The van der Waals surface area contributed by atoms with Crippen molar-refractivity contribution in [1.29, 1.82) is 0 Å². The summed E-state index contributed by atoms with van der Waals surface area (Å²) in [6.07, 6.45) is 2.43. The molecule has 1 saturated heterocycles. The molecule has 1 aromatic rings. The predicted octanol–water partition coefficient (Wildman–Crippen LogP) is 1.49. The molecule has 1 saturated carbocycles. The van der Waals surface area contributed by atoms with E-state index in [1.54, 1.807) is 6.07 Å². The Morgan fingerprint density at radius 2 is 1.91 bits per heavy atom. The molecule has 1 aliphatic heterocycles. The van der Waals surface area contributed by atoms with Crippen LogP contribution < -0.4 is 5.32 Å². The monoisotopic (exact) mass is 482 g/mol. The number of carbonyl (C=O) groups is 3. The lowest BCUT2D eigenvalue weighted by Gasteiger charge is -2.49. The Kier molecular flexibility index (Phi) is 5.43. The van der Waals surface area contributed by atoms with E-state index in [1.807, 2.05) is 13.1 Å². The minimum Gasteiger partial charge on any atom is -0.508 e. The van der Waals surface area contributed by atoms with E-state index in [1.165, 1.54) is 7.05 Å². The summed E-state index contributed by atoms with van der Waals surface area (Å²) in [7, 11) is 3.52. The highest BCUT2D eigenvalue weighted by Gasteiger charge is 2.63. The van der Waals surface area contributed by atoms with Crippen molar-refractivity contribution >= 4 is 23.1 Å². The lowest BCUT2D eigenvalue weighted by molar-refractivity contribution is -0.150.